The average molecular weight is 496 g/mol. The van der Waals surface area contributed by atoms with Gasteiger partial charge in [0.25, 0.3) is 0 Å². The van der Waals surface area contributed by atoms with E-state index in [0.717, 1.165) is 12.0 Å². The molecule has 6 rings (SSSR count). The van der Waals surface area contributed by atoms with Crippen molar-refractivity contribution in [2.75, 3.05) is 13.7 Å². The van der Waals surface area contributed by atoms with Crippen molar-refractivity contribution in [2.45, 2.75) is 63.6 Å². The van der Waals surface area contributed by atoms with E-state index in [4.69, 9.17) is 14.2 Å². The zero-order valence-corrected chi connectivity index (χ0v) is 20.8. The number of fused-ring (bicyclic) bond motifs is 7. The molecule has 3 fully saturated rings. The van der Waals surface area contributed by atoms with Crippen LogP contribution in [0, 0.1) is 28.6 Å². The Bertz CT molecular complexity index is 1180. The number of Topliss-reactive ketones (excluding diaryl/α,β-unsaturated/α-hetero) is 1. The van der Waals surface area contributed by atoms with E-state index in [0.29, 0.717) is 30.7 Å². The van der Waals surface area contributed by atoms with Gasteiger partial charge in [-0.3, -0.25) is 9.59 Å². The molecule has 4 aliphatic carbocycles. The molecule has 0 aromatic carbocycles. The van der Waals surface area contributed by atoms with E-state index in [-0.39, 0.29) is 23.5 Å². The quantitative estimate of drug-likeness (QED) is 0.613. The molecule has 8 nitrogen and oxygen atoms in total. The lowest BCUT2D eigenvalue weighted by molar-refractivity contribution is -0.199. The first-order valence-electron chi connectivity index (χ1n) is 12.8. The molecule has 5 aliphatic rings. The fraction of sp³-hybridized carbons (Fsp3) is 0.607. The third kappa shape index (κ3) is 2.93. The minimum Gasteiger partial charge on any atom is -0.481 e. The van der Waals surface area contributed by atoms with Crippen LogP contribution in [0.5, 0.6) is 5.88 Å². The van der Waals surface area contributed by atoms with Crippen LogP contribution >= 0.6 is 0 Å². The molecule has 2 saturated carbocycles. The second-order valence-electron chi connectivity index (χ2n) is 11.4. The van der Waals surface area contributed by atoms with Gasteiger partial charge in [0.05, 0.1) is 24.9 Å². The summed E-state index contributed by atoms with van der Waals surface area (Å²) < 4.78 is 18.4. The molecule has 2 N–H and O–H groups in total. The minimum absolute atomic E-state index is 0.0313. The van der Waals surface area contributed by atoms with Crippen LogP contribution in [0.2, 0.25) is 0 Å². The Balaban J connectivity index is 1.41. The summed E-state index contributed by atoms with van der Waals surface area (Å²) in [6, 6.07) is 3.55. The summed E-state index contributed by atoms with van der Waals surface area (Å²) in [4.78, 5) is 29.9. The predicted octanol–water partition coefficient (Wildman–Crippen LogP) is 2.69. The topological polar surface area (TPSA) is 115 Å². The van der Waals surface area contributed by atoms with Crippen molar-refractivity contribution in [3.8, 4) is 5.88 Å². The summed E-state index contributed by atoms with van der Waals surface area (Å²) in [6.07, 6.45) is 7.28. The molecule has 0 bridgehead atoms. The van der Waals surface area contributed by atoms with Crippen LogP contribution in [0.1, 0.15) is 51.4 Å². The number of aromatic nitrogens is 1. The van der Waals surface area contributed by atoms with Crippen molar-refractivity contribution in [1.29, 1.82) is 0 Å². The molecule has 1 unspecified atom stereocenters. The van der Waals surface area contributed by atoms with Gasteiger partial charge in [0, 0.05) is 29.4 Å². The van der Waals surface area contributed by atoms with Crippen molar-refractivity contribution in [1.82, 2.24) is 4.98 Å². The number of hydrogen-bond donors (Lipinski definition) is 2. The summed E-state index contributed by atoms with van der Waals surface area (Å²) in [5.41, 5.74) is -0.889. The molecule has 1 aromatic rings. The Morgan fingerprint density at radius 3 is 2.89 bits per heavy atom. The van der Waals surface area contributed by atoms with Crippen LogP contribution in [0.15, 0.2) is 42.1 Å². The van der Waals surface area contributed by atoms with Gasteiger partial charge in [0.2, 0.25) is 5.88 Å². The van der Waals surface area contributed by atoms with Gasteiger partial charge in [-0.05, 0) is 49.3 Å². The molecule has 1 aliphatic heterocycles. The predicted molar refractivity (Wildman–Crippen MR) is 128 cm³/mol. The number of aliphatic hydroxyl groups excluding tert-OH is 2. The second-order valence-corrected chi connectivity index (χ2v) is 11.4. The zero-order chi connectivity index (χ0) is 25.5. The Kier molecular flexibility index (Phi) is 5.36. The second kappa shape index (κ2) is 8.05. The smallest absolute Gasteiger partial charge is 0.221 e. The largest absolute Gasteiger partial charge is 0.481 e. The Hall–Kier alpha value is -2.39. The lowest BCUT2D eigenvalue weighted by atomic mass is 9.47. The van der Waals surface area contributed by atoms with Gasteiger partial charge < -0.3 is 24.4 Å². The monoisotopic (exact) mass is 495 g/mol. The molecule has 9 atom stereocenters. The number of ether oxygens (including phenoxy) is 3. The van der Waals surface area contributed by atoms with Crippen LogP contribution in [0.4, 0.5) is 0 Å². The highest BCUT2D eigenvalue weighted by molar-refractivity contribution is 5.93. The Labute approximate surface area is 210 Å². The van der Waals surface area contributed by atoms with Crippen molar-refractivity contribution in [3.05, 3.63) is 47.7 Å². The average Bonchev–Trinajstić information content (AvgIpc) is 3.36. The van der Waals surface area contributed by atoms with Crippen LogP contribution < -0.4 is 4.74 Å². The van der Waals surface area contributed by atoms with E-state index in [1.54, 1.807) is 24.4 Å². The Morgan fingerprint density at radius 2 is 2.14 bits per heavy atom. The van der Waals surface area contributed by atoms with Crippen LogP contribution in [-0.4, -0.2) is 58.3 Å². The Morgan fingerprint density at radius 1 is 1.33 bits per heavy atom. The maximum atomic E-state index is 13.6. The number of carbonyl (C=O) groups is 2. The lowest BCUT2D eigenvalue weighted by Gasteiger charge is -2.59. The standard InChI is InChI=1S/C28H33NO7/c1-26-9-8-16(31)11-15(26)6-7-17-19-12-22-28(21(33)14-30,27(19,2)13-20(32)23(17)26)36-25(35-22)18-5-4-10-29-24(18)34-3/h4-6,8-10,17,19-20,22-23,25,30,32H,7,11-14H2,1-3H3/t17-,19-,20-,22+,23+,25?,26-,27-,28+/m0/s1. The third-order valence-electron chi connectivity index (χ3n) is 10.0. The molecular weight excluding hydrogens is 462 g/mol. The summed E-state index contributed by atoms with van der Waals surface area (Å²) in [7, 11) is 1.52. The molecule has 8 heteroatoms. The first-order chi connectivity index (χ1) is 17.2. The highest BCUT2D eigenvalue weighted by Gasteiger charge is 2.75. The molecule has 2 heterocycles. The molecule has 192 valence electrons. The lowest BCUT2D eigenvalue weighted by Crippen LogP contribution is -2.63. The van der Waals surface area contributed by atoms with Gasteiger partial charge in [-0.15, -0.1) is 0 Å². The van der Waals surface area contributed by atoms with Gasteiger partial charge in [-0.1, -0.05) is 31.6 Å². The van der Waals surface area contributed by atoms with Crippen molar-refractivity contribution in [2.24, 2.45) is 28.6 Å². The first-order valence-corrected chi connectivity index (χ1v) is 12.8. The summed E-state index contributed by atoms with van der Waals surface area (Å²) in [6.45, 7) is 3.46. The molecular formula is C28H33NO7. The highest BCUT2D eigenvalue weighted by atomic mass is 16.7. The van der Waals surface area contributed by atoms with E-state index in [1.807, 2.05) is 13.0 Å². The number of rotatable bonds is 4. The van der Waals surface area contributed by atoms with E-state index in [9.17, 15) is 19.8 Å². The van der Waals surface area contributed by atoms with Crippen LogP contribution in [0.25, 0.3) is 0 Å². The number of allylic oxidation sites excluding steroid dienone is 4. The fourth-order valence-corrected chi connectivity index (χ4v) is 8.49. The molecule has 1 saturated heterocycles. The maximum Gasteiger partial charge on any atom is 0.221 e. The van der Waals surface area contributed by atoms with Crippen molar-refractivity contribution in [3.63, 3.8) is 0 Å². The normalized spacial score (nSPS) is 44.8. The number of nitrogens with zero attached hydrogens (tertiary/aromatic N) is 1. The van der Waals surface area contributed by atoms with Gasteiger partial charge in [-0.2, -0.15) is 0 Å². The third-order valence-corrected chi connectivity index (χ3v) is 10.0. The van der Waals surface area contributed by atoms with Gasteiger partial charge in [0.1, 0.15) is 6.61 Å². The SMILES string of the molecule is COc1ncccc1C1O[C@@H]2C[C@H]3[C@@H]4CC=C5CC(=O)C=C[C@]5(C)[C@H]4[C@@H](O)C[C@]3(C)[C@]2(C(=O)CO)O1. The number of hydrogen-bond acceptors (Lipinski definition) is 8. The summed E-state index contributed by atoms with van der Waals surface area (Å²) >= 11 is 0. The van der Waals surface area contributed by atoms with E-state index >= 15 is 0 Å². The molecule has 0 amide bonds. The van der Waals surface area contributed by atoms with Crippen LogP contribution in [0.3, 0.4) is 0 Å². The molecule has 1 aromatic heterocycles. The van der Waals surface area contributed by atoms with Crippen molar-refractivity contribution < 1.29 is 34.0 Å². The van der Waals surface area contributed by atoms with Crippen molar-refractivity contribution >= 4 is 11.6 Å². The number of ketones is 2. The van der Waals surface area contributed by atoms with Gasteiger partial charge in [0.15, 0.2) is 23.5 Å². The van der Waals surface area contributed by atoms with Crippen LogP contribution in [-0.2, 0) is 19.1 Å². The van der Waals surface area contributed by atoms with Gasteiger partial charge in [-0.25, -0.2) is 4.98 Å². The number of pyridine rings is 1. The summed E-state index contributed by atoms with van der Waals surface area (Å²) in [5.74, 6) is 0.0655. The molecule has 0 radical (unpaired) electrons. The number of methoxy groups -OCH3 is 1. The number of aliphatic hydroxyl groups is 2. The van der Waals surface area contributed by atoms with E-state index < -0.39 is 47.3 Å². The van der Waals surface area contributed by atoms with E-state index in [2.05, 4.69) is 18.0 Å². The van der Waals surface area contributed by atoms with Gasteiger partial charge >= 0.3 is 0 Å². The highest BCUT2D eigenvalue weighted by Crippen LogP contribution is 2.70. The fourth-order valence-electron chi connectivity index (χ4n) is 8.49. The molecule has 0 spiro atoms. The minimum atomic E-state index is -1.40. The maximum absolute atomic E-state index is 13.6. The van der Waals surface area contributed by atoms with E-state index in [1.165, 1.54) is 7.11 Å². The molecule has 36 heavy (non-hydrogen) atoms. The number of carbonyl (C=O) groups excluding carboxylic acids is 2. The summed E-state index contributed by atoms with van der Waals surface area (Å²) in [5, 5.41) is 21.8. The first kappa shape index (κ1) is 24.0. The zero-order valence-electron chi connectivity index (χ0n) is 20.8.